The molecule has 4 heteroatoms. The number of carbonyl (C=O) groups is 2. The standard InChI is InChI=1S/C12H19NO3/c1-8(14)10-5-3-4-9-6-7-11(10)13(9)12(15)16-2/h9-11H,3-7H2,1-2H3/t9-,10-,11-/m1/s1. The number of methoxy groups -OCH3 is 1. The minimum Gasteiger partial charge on any atom is -0.453 e. The van der Waals surface area contributed by atoms with Crippen molar-refractivity contribution in [2.24, 2.45) is 5.92 Å². The number of hydrogen-bond donors (Lipinski definition) is 0. The molecule has 2 aliphatic rings. The normalized spacial score (nSPS) is 33.4. The molecule has 4 nitrogen and oxygen atoms in total. The van der Waals surface area contributed by atoms with Gasteiger partial charge in [0.1, 0.15) is 5.78 Å². The zero-order valence-electron chi connectivity index (χ0n) is 9.94. The first-order chi connectivity index (χ1) is 7.65. The molecule has 0 aromatic rings. The van der Waals surface area contributed by atoms with Crippen LogP contribution in [0.5, 0.6) is 0 Å². The first kappa shape index (κ1) is 11.4. The highest BCUT2D eigenvalue weighted by molar-refractivity contribution is 5.80. The second-order valence-electron chi connectivity index (χ2n) is 4.82. The number of amides is 1. The van der Waals surface area contributed by atoms with Crippen molar-refractivity contribution in [3.8, 4) is 0 Å². The van der Waals surface area contributed by atoms with Crippen LogP contribution < -0.4 is 0 Å². The van der Waals surface area contributed by atoms with Gasteiger partial charge >= 0.3 is 6.09 Å². The molecule has 90 valence electrons. The molecule has 2 aliphatic heterocycles. The van der Waals surface area contributed by atoms with Gasteiger partial charge in [-0.15, -0.1) is 0 Å². The topological polar surface area (TPSA) is 46.6 Å². The molecule has 0 aromatic heterocycles. The molecule has 0 N–H and O–H groups in total. The van der Waals surface area contributed by atoms with E-state index in [0.717, 1.165) is 32.1 Å². The van der Waals surface area contributed by atoms with Crippen molar-refractivity contribution in [1.29, 1.82) is 0 Å². The van der Waals surface area contributed by atoms with Crippen molar-refractivity contribution >= 4 is 11.9 Å². The van der Waals surface area contributed by atoms with Crippen LogP contribution in [0.2, 0.25) is 0 Å². The zero-order valence-corrected chi connectivity index (χ0v) is 9.94. The van der Waals surface area contributed by atoms with E-state index in [9.17, 15) is 9.59 Å². The van der Waals surface area contributed by atoms with E-state index in [1.807, 2.05) is 4.90 Å². The van der Waals surface area contributed by atoms with Crippen LogP contribution in [0.4, 0.5) is 4.79 Å². The van der Waals surface area contributed by atoms with E-state index in [1.165, 1.54) is 7.11 Å². The second kappa shape index (κ2) is 4.44. The van der Waals surface area contributed by atoms with Gasteiger partial charge in [0.2, 0.25) is 0 Å². The summed E-state index contributed by atoms with van der Waals surface area (Å²) in [5.41, 5.74) is 0. The highest BCUT2D eigenvalue weighted by Gasteiger charge is 2.44. The quantitative estimate of drug-likeness (QED) is 0.685. The van der Waals surface area contributed by atoms with Crippen LogP contribution in [-0.4, -0.2) is 36.0 Å². The first-order valence-electron chi connectivity index (χ1n) is 6.02. The van der Waals surface area contributed by atoms with Crippen LogP contribution in [0.25, 0.3) is 0 Å². The van der Waals surface area contributed by atoms with Crippen LogP contribution in [0, 0.1) is 5.92 Å². The van der Waals surface area contributed by atoms with Crippen LogP contribution in [-0.2, 0) is 9.53 Å². The van der Waals surface area contributed by atoms with Crippen LogP contribution in [0.1, 0.15) is 39.0 Å². The average molecular weight is 225 g/mol. The molecule has 2 fully saturated rings. The predicted octanol–water partition coefficient (Wildman–Crippen LogP) is 1.97. The molecule has 2 heterocycles. The number of ketones is 1. The SMILES string of the molecule is COC(=O)N1[C@@H]2CCC[C@H](C(C)=O)[C@H]1CC2. The van der Waals surface area contributed by atoms with Crippen LogP contribution in [0.15, 0.2) is 0 Å². The van der Waals surface area contributed by atoms with Crippen molar-refractivity contribution in [2.75, 3.05) is 7.11 Å². The number of nitrogens with zero attached hydrogens (tertiary/aromatic N) is 1. The van der Waals surface area contributed by atoms with Crippen molar-refractivity contribution in [1.82, 2.24) is 4.90 Å². The highest BCUT2D eigenvalue weighted by atomic mass is 16.5. The monoisotopic (exact) mass is 225 g/mol. The summed E-state index contributed by atoms with van der Waals surface area (Å²) in [5.74, 6) is 0.230. The molecule has 0 saturated carbocycles. The number of ether oxygens (including phenoxy) is 1. The maximum atomic E-state index is 11.7. The van der Waals surface area contributed by atoms with Gasteiger partial charge in [0, 0.05) is 18.0 Å². The third-order valence-electron chi connectivity index (χ3n) is 3.97. The van der Waals surface area contributed by atoms with Crippen LogP contribution in [0.3, 0.4) is 0 Å². The fraction of sp³-hybridized carbons (Fsp3) is 0.833. The summed E-state index contributed by atoms with van der Waals surface area (Å²) in [6.07, 6.45) is 4.67. The van der Waals surface area contributed by atoms with Gasteiger partial charge in [0.05, 0.1) is 7.11 Å². The zero-order chi connectivity index (χ0) is 11.7. The Morgan fingerprint density at radius 2 is 1.94 bits per heavy atom. The van der Waals surface area contributed by atoms with Gasteiger partial charge in [-0.1, -0.05) is 6.42 Å². The van der Waals surface area contributed by atoms with Crippen LogP contribution >= 0.6 is 0 Å². The highest BCUT2D eigenvalue weighted by Crippen LogP contribution is 2.38. The van der Waals surface area contributed by atoms with Crippen molar-refractivity contribution in [3.63, 3.8) is 0 Å². The molecular formula is C12H19NO3. The third kappa shape index (κ3) is 1.81. The molecule has 2 saturated heterocycles. The summed E-state index contributed by atoms with van der Waals surface area (Å²) in [5, 5.41) is 0. The third-order valence-corrected chi connectivity index (χ3v) is 3.97. The molecule has 2 rings (SSSR count). The Hall–Kier alpha value is -1.06. The molecule has 2 bridgehead atoms. The summed E-state index contributed by atoms with van der Waals surface area (Å²) in [6.45, 7) is 1.64. The average Bonchev–Trinajstić information content (AvgIpc) is 2.53. The number of rotatable bonds is 1. The Kier molecular flexibility index (Phi) is 3.17. The molecule has 0 aliphatic carbocycles. The smallest absolute Gasteiger partial charge is 0.410 e. The Balaban J connectivity index is 2.23. The van der Waals surface area contributed by atoms with E-state index in [-0.39, 0.29) is 23.8 Å². The lowest BCUT2D eigenvalue weighted by Gasteiger charge is -2.29. The fourth-order valence-electron chi connectivity index (χ4n) is 3.22. The summed E-state index contributed by atoms with van der Waals surface area (Å²) in [7, 11) is 1.41. The number of hydrogen-bond acceptors (Lipinski definition) is 3. The second-order valence-corrected chi connectivity index (χ2v) is 4.82. The summed E-state index contributed by atoms with van der Waals surface area (Å²) in [4.78, 5) is 25.2. The minimum absolute atomic E-state index is 0.0200. The van der Waals surface area contributed by atoms with E-state index in [0.29, 0.717) is 6.04 Å². The van der Waals surface area contributed by atoms with Crippen molar-refractivity contribution < 1.29 is 14.3 Å². The van der Waals surface area contributed by atoms with E-state index in [2.05, 4.69) is 0 Å². The Morgan fingerprint density at radius 3 is 2.56 bits per heavy atom. The van der Waals surface area contributed by atoms with Gasteiger partial charge in [-0.25, -0.2) is 4.79 Å². The van der Waals surface area contributed by atoms with Gasteiger partial charge in [-0.2, -0.15) is 0 Å². The minimum atomic E-state index is -0.263. The van der Waals surface area contributed by atoms with Gasteiger partial charge < -0.3 is 9.64 Å². The van der Waals surface area contributed by atoms with E-state index < -0.39 is 0 Å². The number of Topliss-reactive ketones (excluding diaryl/α,β-unsaturated/α-hetero) is 1. The lowest BCUT2D eigenvalue weighted by molar-refractivity contribution is -0.122. The lowest BCUT2D eigenvalue weighted by Crippen LogP contribution is -2.44. The summed E-state index contributed by atoms with van der Waals surface area (Å²) in [6, 6.07) is 0.374. The predicted molar refractivity (Wildman–Crippen MR) is 59.1 cm³/mol. The van der Waals surface area contributed by atoms with Gasteiger partial charge in [-0.05, 0) is 32.6 Å². The molecule has 0 spiro atoms. The number of fused-ring (bicyclic) bond motifs is 2. The molecule has 3 atom stereocenters. The number of carbonyl (C=O) groups excluding carboxylic acids is 2. The summed E-state index contributed by atoms with van der Waals surface area (Å²) >= 11 is 0. The summed E-state index contributed by atoms with van der Waals surface area (Å²) < 4.78 is 4.83. The fourth-order valence-corrected chi connectivity index (χ4v) is 3.22. The largest absolute Gasteiger partial charge is 0.453 e. The Bertz CT molecular complexity index is 303. The maximum absolute atomic E-state index is 11.7. The molecule has 0 radical (unpaired) electrons. The molecule has 16 heavy (non-hydrogen) atoms. The molecule has 0 aromatic carbocycles. The molecule has 0 unspecified atom stereocenters. The first-order valence-corrected chi connectivity index (χ1v) is 6.02. The molecular weight excluding hydrogens is 206 g/mol. The van der Waals surface area contributed by atoms with E-state index >= 15 is 0 Å². The Labute approximate surface area is 95.9 Å². The maximum Gasteiger partial charge on any atom is 0.410 e. The van der Waals surface area contributed by atoms with Crippen molar-refractivity contribution in [3.05, 3.63) is 0 Å². The lowest BCUT2D eigenvalue weighted by atomic mass is 9.88. The van der Waals surface area contributed by atoms with Gasteiger partial charge in [0.25, 0.3) is 0 Å². The molecule has 1 amide bonds. The van der Waals surface area contributed by atoms with Gasteiger partial charge in [0.15, 0.2) is 0 Å². The van der Waals surface area contributed by atoms with E-state index in [4.69, 9.17) is 4.74 Å². The van der Waals surface area contributed by atoms with Gasteiger partial charge in [-0.3, -0.25) is 4.79 Å². The Morgan fingerprint density at radius 1 is 1.19 bits per heavy atom. The van der Waals surface area contributed by atoms with E-state index in [1.54, 1.807) is 6.92 Å². The van der Waals surface area contributed by atoms with Crippen molar-refractivity contribution in [2.45, 2.75) is 51.1 Å².